The number of carbonyl (C=O) groups is 1. The molecular formula is C18H19ClN2O4S. The Balaban J connectivity index is 1.78. The van der Waals surface area contributed by atoms with Crippen molar-refractivity contribution in [1.29, 1.82) is 0 Å². The van der Waals surface area contributed by atoms with Gasteiger partial charge in [-0.05, 0) is 61.9 Å². The van der Waals surface area contributed by atoms with Gasteiger partial charge in [0.05, 0.1) is 10.8 Å². The van der Waals surface area contributed by atoms with E-state index in [0.29, 0.717) is 22.7 Å². The molecule has 0 bridgehead atoms. The van der Waals surface area contributed by atoms with Crippen molar-refractivity contribution in [2.24, 2.45) is 5.92 Å². The standard InChI is InChI=1S/C18H19ClN2O4S/c1-11-3-5-15(9-17(11)26(23,24)20-2)21-18(22)13-7-12-8-14(19)4-6-16(12)25-10-13/h3-6,8-9,13,20H,7,10H2,1-2H3,(H,21,22)/t13-/m0/s1. The van der Waals surface area contributed by atoms with Crippen LogP contribution in [0.1, 0.15) is 11.1 Å². The minimum atomic E-state index is -3.60. The number of halogens is 1. The summed E-state index contributed by atoms with van der Waals surface area (Å²) >= 11 is 6.00. The van der Waals surface area contributed by atoms with Gasteiger partial charge >= 0.3 is 0 Å². The second kappa shape index (κ2) is 7.26. The van der Waals surface area contributed by atoms with Crippen molar-refractivity contribution in [1.82, 2.24) is 4.72 Å². The highest BCUT2D eigenvalue weighted by molar-refractivity contribution is 7.89. The van der Waals surface area contributed by atoms with Crippen LogP contribution in [0.25, 0.3) is 0 Å². The fraction of sp³-hybridized carbons (Fsp3) is 0.278. The summed E-state index contributed by atoms with van der Waals surface area (Å²) in [5, 5.41) is 3.37. The van der Waals surface area contributed by atoms with Crippen LogP contribution in [0.15, 0.2) is 41.3 Å². The Morgan fingerprint density at radius 3 is 2.73 bits per heavy atom. The molecule has 0 aromatic heterocycles. The highest BCUT2D eigenvalue weighted by Gasteiger charge is 2.26. The third-order valence-electron chi connectivity index (χ3n) is 4.31. The molecule has 138 valence electrons. The second-order valence-electron chi connectivity index (χ2n) is 6.14. The van der Waals surface area contributed by atoms with E-state index in [1.54, 1.807) is 37.3 Å². The van der Waals surface area contributed by atoms with Crippen LogP contribution < -0.4 is 14.8 Å². The lowest BCUT2D eigenvalue weighted by Gasteiger charge is -2.25. The zero-order valence-electron chi connectivity index (χ0n) is 14.4. The van der Waals surface area contributed by atoms with Crippen LogP contribution in [-0.2, 0) is 21.2 Å². The molecule has 1 aliphatic rings. The first-order chi connectivity index (χ1) is 12.3. The number of rotatable bonds is 4. The van der Waals surface area contributed by atoms with Crippen molar-refractivity contribution in [3.63, 3.8) is 0 Å². The fourth-order valence-electron chi connectivity index (χ4n) is 2.85. The van der Waals surface area contributed by atoms with E-state index in [1.807, 2.05) is 0 Å². The van der Waals surface area contributed by atoms with Gasteiger partial charge in [0, 0.05) is 10.7 Å². The quantitative estimate of drug-likeness (QED) is 0.835. The summed E-state index contributed by atoms with van der Waals surface area (Å²) in [7, 11) is -2.25. The van der Waals surface area contributed by atoms with E-state index < -0.39 is 10.0 Å². The van der Waals surface area contributed by atoms with Gasteiger partial charge in [-0.15, -0.1) is 0 Å². The van der Waals surface area contributed by atoms with E-state index in [9.17, 15) is 13.2 Å². The molecule has 1 atom stereocenters. The Bertz CT molecular complexity index is 960. The van der Waals surface area contributed by atoms with Gasteiger partial charge in [0.1, 0.15) is 12.4 Å². The van der Waals surface area contributed by atoms with Crippen LogP contribution in [0, 0.1) is 12.8 Å². The predicted molar refractivity (Wildman–Crippen MR) is 100 cm³/mol. The van der Waals surface area contributed by atoms with Crippen molar-refractivity contribution in [3.8, 4) is 5.75 Å². The van der Waals surface area contributed by atoms with Gasteiger partial charge in [-0.25, -0.2) is 13.1 Å². The molecule has 0 saturated heterocycles. The highest BCUT2D eigenvalue weighted by Crippen LogP contribution is 2.30. The lowest BCUT2D eigenvalue weighted by Crippen LogP contribution is -2.32. The number of carbonyl (C=O) groups excluding carboxylic acids is 1. The summed E-state index contributed by atoms with van der Waals surface area (Å²) in [5.41, 5.74) is 1.90. The number of hydrogen-bond acceptors (Lipinski definition) is 4. The largest absolute Gasteiger partial charge is 0.492 e. The normalized spacial score (nSPS) is 16.5. The molecule has 6 nitrogen and oxygen atoms in total. The zero-order valence-corrected chi connectivity index (χ0v) is 15.9. The number of aryl methyl sites for hydroxylation is 1. The maximum Gasteiger partial charge on any atom is 0.240 e. The molecule has 0 spiro atoms. The lowest BCUT2D eigenvalue weighted by atomic mass is 9.96. The molecule has 2 aromatic rings. The summed E-state index contributed by atoms with van der Waals surface area (Å²) in [6, 6.07) is 10.1. The summed E-state index contributed by atoms with van der Waals surface area (Å²) < 4.78 is 32.1. The summed E-state index contributed by atoms with van der Waals surface area (Å²) in [6.45, 7) is 1.96. The number of ether oxygens (including phenoxy) is 1. The molecule has 0 aliphatic carbocycles. The van der Waals surface area contributed by atoms with E-state index in [4.69, 9.17) is 16.3 Å². The number of amides is 1. The molecule has 26 heavy (non-hydrogen) atoms. The summed E-state index contributed by atoms with van der Waals surface area (Å²) in [6.07, 6.45) is 0.509. The minimum absolute atomic E-state index is 0.134. The van der Waals surface area contributed by atoms with Gasteiger partial charge in [-0.2, -0.15) is 0 Å². The average Bonchev–Trinajstić information content (AvgIpc) is 2.62. The Morgan fingerprint density at radius 1 is 1.23 bits per heavy atom. The third kappa shape index (κ3) is 3.85. The molecule has 2 aromatic carbocycles. The Morgan fingerprint density at radius 2 is 2.00 bits per heavy atom. The molecule has 2 N–H and O–H groups in total. The summed E-state index contributed by atoms with van der Waals surface area (Å²) in [5.74, 6) is 0.120. The number of sulfonamides is 1. The number of fused-ring (bicyclic) bond motifs is 1. The van der Waals surface area contributed by atoms with Crippen molar-refractivity contribution >= 4 is 33.2 Å². The van der Waals surface area contributed by atoms with Crippen molar-refractivity contribution in [2.45, 2.75) is 18.2 Å². The van der Waals surface area contributed by atoms with Crippen LogP contribution in [0.4, 0.5) is 5.69 Å². The van der Waals surface area contributed by atoms with Gasteiger partial charge in [0.2, 0.25) is 15.9 Å². The Labute approximate surface area is 157 Å². The molecular weight excluding hydrogens is 376 g/mol. The van der Waals surface area contributed by atoms with E-state index in [1.165, 1.54) is 13.1 Å². The molecule has 8 heteroatoms. The number of hydrogen-bond donors (Lipinski definition) is 2. The highest BCUT2D eigenvalue weighted by atomic mass is 35.5. The van der Waals surface area contributed by atoms with Crippen LogP contribution in [0.3, 0.4) is 0 Å². The average molecular weight is 395 g/mol. The molecule has 1 heterocycles. The topological polar surface area (TPSA) is 84.5 Å². The molecule has 0 unspecified atom stereocenters. The van der Waals surface area contributed by atoms with Crippen LogP contribution >= 0.6 is 11.6 Å². The maximum absolute atomic E-state index is 12.6. The van der Waals surface area contributed by atoms with Crippen molar-refractivity contribution < 1.29 is 17.9 Å². The third-order valence-corrected chi connectivity index (χ3v) is 6.10. The SMILES string of the molecule is CNS(=O)(=O)c1cc(NC(=O)[C@@H]2COc3ccc(Cl)cc3C2)ccc1C. The van der Waals surface area contributed by atoms with Crippen LogP contribution in [-0.4, -0.2) is 28.0 Å². The molecule has 1 aliphatic heterocycles. The molecule has 0 fully saturated rings. The summed E-state index contributed by atoms with van der Waals surface area (Å²) in [4.78, 5) is 12.7. The molecule has 1 amide bonds. The predicted octanol–water partition coefficient (Wildman–Crippen LogP) is 2.75. The zero-order chi connectivity index (χ0) is 18.9. The number of benzene rings is 2. The van der Waals surface area contributed by atoms with Crippen LogP contribution in [0.2, 0.25) is 5.02 Å². The van der Waals surface area contributed by atoms with Gasteiger partial charge in [-0.3, -0.25) is 4.79 Å². The van der Waals surface area contributed by atoms with Gasteiger partial charge < -0.3 is 10.1 Å². The Hall–Kier alpha value is -2.09. The molecule has 0 saturated carbocycles. The first-order valence-corrected chi connectivity index (χ1v) is 9.92. The smallest absolute Gasteiger partial charge is 0.240 e. The van der Waals surface area contributed by atoms with Crippen molar-refractivity contribution in [3.05, 3.63) is 52.5 Å². The van der Waals surface area contributed by atoms with Crippen LogP contribution in [0.5, 0.6) is 5.75 Å². The van der Waals surface area contributed by atoms with E-state index >= 15 is 0 Å². The fourth-order valence-corrected chi connectivity index (χ4v) is 4.04. The van der Waals surface area contributed by atoms with E-state index in [0.717, 1.165) is 11.3 Å². The van der Waals surface area contributed by atoms with E-state index in [-0.39, 0.29) is 23.3 Å². The van der Waals surface area contributed by atoms with Gasteiger partial charge in [0.25, 0.3) is 0 Å². The monoisotopic (exact) mass is 394 g/mol. The lowest BCUT2D eigenvalue weighted by molar-refractivity contribution is -0.121. The second-order valence-corrected chi connectivity index (χ2v) is 8.43. The van der Waals surface area contributed by atoms with E-state index in [2.05, 4.69) is 10.0 Å². The minimum Gasteiger partial charge on any atom is -0.492 e. The maximum atomic E-state index is 12.6. The number of anilines is 1. The van der Waals surface area contributed by atoms with Gasteiger partial charge in [0.15, 0.2) is 0 Å². The Kier molecular flexibility index (Phi) is 5.22. The van der Waals surface area contributed by atoms with Crippen molar-refractivity contribution in [2.75, 3.05) is 19.0 Å². The van der Waals surface area contributed by atoms with Gasteiger partial charge in [-0.1, -0.05) is 17.7 Å². The molecule has 3 rings (SSSR count). The molecule has 0 radical (unpaired) electrons. The first-order valence-electron chi connectivity index (χ1n) is 8.06. The number of nitrogens with one attached hydrogen (secondary N) is 2. The first kappa shape index (κ1) is 18.7.